The first-order valence-electron chi connectivity index (χ1n) is 5.11. The Morgan fingerprint density at radius 1 is 1.27 bits per heavy atom. The van der Waals surface area contributed by atoms with Crippen LogP contribution in [-0.2, 0) is 5.54 Å². The molecule has 1 N–H and O–H groups in total. The number of rotatable bonds is 4. The molecule has 0 aliphatic carbocycles. The minimum absolute atomic E-state index is 0.365. The van der Waals surface area contributed by atoms with Crippen LogP contribution in [0.4, 0.5) is 8.78 Å². The van der Waals surface area contributed by atoms with Gasteiger partial charge in [-0.25, -0.2) is 8.78 Å². The van der Waals surface area contributed by atoms with E-state index in [4.69, 9.17) is 0 Å². The lowest BCUT2D eigenvalue weighted by molar-refractivity contribution is 0.0292. The fraction of sp³-hybridized carbons (Fsp3) is 0.500. The maximum atomic E-state index is 13.1. The molecular weight excluding hydrogens is 196 g/mol. The largest absolute Gasteiger partial charge is 0.306 e. The molecule has 0 spiro atoms. The molecule has 0 aliphatic rings. The van der Waals surface area contributed by atoms with Crippen LogP contribution >= 0.6 is 0 Å². The topological polar surface area (TPSA) is 12.0 Å². The minimum Gasteiger partial charge on any atom is -0.306 e. The predicted octanol–water partition coefficient (Wildman–Crippen LogP) is 3.08. The van der Waals surface area contributed by atoms with E-state index in [1.54, 1.807) is 26.1 Å². The van der Waals surface area contributed by atoms with Gasteiger partial charge < -0.3 is 5.32 Å². The van der Waals surface area contributed by atoms with Gasteiger partial charge in [0.25, 0.3) is 6.43 Å². The van der Waals surface area contributed by atoms with Gasteiger partial charge in [0.05, 0.1) is 0 Å². The lowest BCUT2D eigenvalue weighted by Gasteiger charge is -2.32. The molecule has 1 rings (SSSR count). The van der Waals surface area contributed by atoms with Gasteiger partial charge in [0.15, 0.2) is 0 Å². The van der Waals surface area contributed by atoms with Crippen molar-refractivity contribution in [3.05, 3.63) is 35.4 Å². The number of nitrogens with one attached hydrogen (secondary N) is 1. The van der Waals surface area contributed by atoms with Gasteiger partial charge in [-0.15, -0.1) is 0 Å². The van der Waals surface area contributed by atoms with Gasteiger partial charge in [-0.3, -0.25) is 0 Å². The summed E-state index contributed by atoms with van der Waals surface area (Å²) in [5.74, 6) is 0. The van der Waals surface area contributed by atoms with E-state index in [2.05, 4.69) is 5.32 Å². The van der Waals surface area contributed by atoms with E-state index in [-0.39, 0.29) is 0 Å². The second kappa shape index (κ2) is 4.71. The number of hydrogen-bond acceptors (Lipinski definition) is 1. The Bertz CT molecular complexity index is 302. The average Bonchev–Trinajstić information content (AvgIpc) is 2.22. The summed E-state index contributed by atoms with van der Waals surface area (Å²) in [6, 6.07) is 7.25. The summed E-state index contributed by atoms with van der Waals surface area (Å²) in [6.45, 7) is 3.71. The van der Waals surface area contributed by atoms with Crippen LogP contribution in [0, 0.1) is 6.92 Å². The number of benzene rings is 1. The first-order valence-corrected chi connectivity index (χ1v) is 5.11. The highest BCUT2D eigenvalue weighted by atomic mass is 19.3. The van der Waals surface area contributed by atoms with Crippen molar-refractivity contribution in [2.24, 2.45) is 0 Å². The van der Waals surface area contributed by atoms with E-state index >= 15 is 0 Å². The summed E-state index contributed by atoms with van der Waals surface area (Å²) in [4.78, 5) is 0. The third kappa shape index (κ3) is 2.17. The van der Waals surface area contributed by atoms with E-state index in [9.17, 15) is 8.78 Å². The van der Waals surface area contributed by atoms with E-state index in [1.807, 2.05) is 19.1 Å². The minimum atomic E-state index is -2.41. The normalized spacial score (nSPS) is 15.3. The van der Waals surface area contributed by atoms with Crippen molar-refractivity contribution in [3.8, 4) is 0 Å². The van der Waals surface area contributed by atoms with Gasteiger partial charge in [-0.1, -0.05) is 36.8 Å². The molecule has 1 atom stereocenters. The zero-order chi connectivity index (χ0) is 11.5. The Kier molecular flexibility index (Phi) is 3.80. The molecule has 1 unspecified atom stereocenters. The Balaban J connectivity index is 3.14. The van der Waals surface area contributed by atoms with Crippen molar-refractivity contribution in [1.29, 1.82) is 0 Å². The first-order chi connectivity index (χ1) is 7.06. The van der Waals surface area contributed by atoms with Gasteiger partial charge >= 0.3 is 0 Å². The molecule has 0 amide bonds. The van der Waals surface area contributed by atoms with Crippen LogP contribution in [0.2, 0.25) is 0 Å². The SMILES string of the molecule is CCC(NC)(c1ccc(C)cc1)C(F)F. The fourth-order valence-corrected chi connectivity index (χ4v) is 1.77. The van der Waals surface area contributed by atoms with Gasteiger partial charge in [0, 0.05) is 0 Å². The van der Waals surface area contributed by atoms with E-state index in [0.29, 0.717) is 12.0 Å². The Morgan fingerprint density at radius 3 is 2.13 bits per heavy atom. The maximum absolute atomic E-state index is 13.1. The highest BCUT2D eigenvalue weighted by Crippen LogP contribution is 2.31. The quantitative estimate of drug-likeness (QED) is 0.810. The van der Waals surface area contributed by atoms with Crippen LogP contribution in [0.15, 0.2) is 24.3 Å². The number of alkyl halides is 2. The monoisotopic (exact) mass is 213 g/mol. The molecule has 15 heavy (non-hydrogen) atoms. The van der Waals surface area contributed by atoms with Crippen LogP contribution < -0.4 is 5.32 Å². The van der Waals surface area contributed by atoms with Crippen molar-refractivity contribution in [2.75, 3.05) is 7.05 Å². The van der Waals surface area contributed by atoms with Crippen molar-refractivity contribution >= 4 is 0 Å². The van der Waals surface area contributed by atoms with Gasteiger partial charge in [0.1, 0.15) is 5.54 Å². The van der Waals surface area contributed by atoms with Crippen LogP contribution in [0.3, 0.4) is 0 Å². The first kappa shape index (κ1) is 12.1. The van der Waals surface area contributed by atoms with Crippen molar-refractivity contribution in [1.82, 2.24) is 5.32 Å². The number of hydrogen-bond donors (Lipinski definition) is 1. The summed E-state index contributed by atoms with van der Waals surface area (Å²) in [6.07, 6.45) is -2.04. The van der Waals surface area contributed by atoms with Crippen molar-refractivity contribution < 1.29 is 8.78 Å². The molecule has 3 heteroatoms. The lowest BCUT2D eigenvalue weighted by Crippen LogP contribution is -2.45. The van der Waals surface area contributed by atoms with E-state index < -0.39 is 12.0 Å². The average molecular weight is 213 g/mol. The molecule has 0 saturated carbocycles. The summed E-state index contributed by atoms with van der Waals surface area (Å²) in [7, 11) is 1.58. The number of halogens is 2. The summed E-state index contributed by atoms with van der Waals surface area (Å²) in [5, 5.41) is 2.75. The molecule has 0 aliphatic heterocycles. The van der Waals surface area contributed by atoms with Crippen molar-refractivity contribution in [3.63, 3.8) is 0 Å². The highest BCUT2D eigenvalue weighted by molar-refractivity contribution is 5.28. The van der Waals surface area contributed by atoms with Crippen LogP contribution in [0.25, 0.3) is 0 Å². The zero-order valence-electron chi connectivity index (χ0n) is 9.35. The molecule has 0 fully saturated rings. The summed E-state index contributed by atoms with van der Waals surface area (Å²) in [5.41, 5.74) is 0.510. The number of aryl methyl sites for hydroxylation is 1. The molecule has 0 bridgehead atoms. The van der Waals surface area contributed by atoms with Crippen molar-refractivity contribution in [2.45, 2.75) is 32.2 Å². The Hall–Kier alpha value is -0.960. The molecule has 0 saturated heterocycles. The van der Waals surface area contributed by atoms with Crippen LogP contribution in [0.1, 0.15) is 24.5 Å². The molecule has 1 aromatic carbocycles. The van der Waals surface area contributed by atoms with Crippen LogP contribution in [0.5, 0.6) is 0 Å². The molecule has 0 heterocycles. The molecule has 1 aromatic rings. The summed E-state index contributed by atoms with van der Waals surface area (Å²) >= 11 is 0. The second-order valence-corrected chi connectivity index (χ2v) is 3.74. The van der Waals surface area contributed by atoms with Crippen LogP contribution in [-0.4, -0.2) is 13.5 Å². The third-order valence-electron chi connectivity index (χ3n) is 2.94. The molecule has 84 valence electrons. The highest BCUT2D eigenvalue weighted by Gasteiger charge is 2.38. The third-order valence-corrected chi connectivity index (χ3v) is 2.94. The Labute approximate surface area is 89.5 Å². The Morgan fingerprint density at radius 2 is 1.80 bits per heavy atom. The predicted molar refractivity (Wildman–Crippen MR) is 58.2 cm³/mol. The zero-order valence-corrected chi connectivity index (χ0v) is 9.35. The fourth-order valence-electron chi connectivity index (χ4n) is 1.77. The molecule has 0 aromatic heterocycles. The molecule has 1 nitrogen and oxygen atoms in total. The smallest absolute Gasteiger partial charge is 0.260 e. The lowest BCUT2D eigenvalue weighted by atomic mass is 9.87. The van der Waals surface area contributed by atoms with Gasteiger partial charge in [0.2, 0.25) is 0 Å². The molecule has 0 radical (unpaired) electrons. The second-order valence-electron chi connectivity index (χ2n) is 3.74. The van der Waals surface area contributed by atoms with Gasteiger partial charge in [-0.05, 0) is 26.0 Å². The standard InChI is InChI=1S/C12H17F2N/c1-4-12(15-3,11(13)14)10-7-5-9(2)6-8-10/h5-8,11,15H,4H2,1-3H3. The van der Waals surface area contributed by atoms with E-state index in [1.165, 1.54) is 0 Å². The maximum Gasteiger partial charge on any atom is 0.260 e. The summed E-state index contributed by atoms with van der Waals surface area (Å²) < 4.78 is 26.2. The van der Waals surface area contributed by atoms with Gasteiger partial charge in [-0.2, -0.15) is 0 Å². The molecular formula is C12H17F2N. The van der Waals surface area contributed by atoms with E-state index in [0.717, 1.165) is 5.56 Å².